The third kappa shape index (κ3) is 3.51. The summed E-state index contributed by atoms with van der Waals surface area (Å²) in [5, 5.41) is 0. The molecular weight excluding hydrogens is 373 g/mol. The Morgan fingerprint density at radius 1 is 1.33 bits per heavy atom. The third-order valence-corrected chi connectivity index (χ3v) is 5.19. The molecule has 1 saturated heterocycles. The zero-order valence-electron chi connectivity index (χ0n) is 14.3. The second-order valence-electron chi connectivity index (χ2n) is 7.53. The van der Waals surface area contributed by atoms with E-state index in [1.54, 1.807) is 6.07 Å². The molecule has 3 rings (SSSR count). The van der Waals surface area contributed by atoms with Crippen LogP contribution in [0.15, 0.2) is 28.7 Å². The molecule has 2 aliphatic heterocycles. The van der Waals surface area contributed by atoms with Gasteiger partial charge in [-0.3, -0.25) is 4.90 Å². The van der Waals surface area contributed by atoms with Crippen LogP contribution in [0.3, 0.4) is 0 Å². The second-order valence-corrected chi connectivity index (χ2v) is 8.39. The van der Waals surface area contributed by atoms with E-state index in [1.807, 2.05) is 37.8 Å². The van der Waals surface area contributed by atoms with Crippen molar-refractivity contribution in [2.75, 3.05) is 0 Å². The Balaban J connectivity index is 1.92. The van der Waals surface area contributed by atoms with E-state index in [2.05, 4.69) is 15.9 Å². The van der Waals surface area contributed by atoms with E-state index >= 15 is 0 Å². The molecule has 2 aliphatic rings. The van der Waals surface area contributed by atoms with Gasteiger partial charge in [0.2, 0.25) is 0 Å². The van der Waals surface area contributed by atoms with Crippen LogP contribution in [0.4, 0.5) is 9.18 Å². The fourth-order valence-corrected chi connectivity index (χ4v) is 4.22. The number of amides is 1. The summed E-state index contributed by atoms with van der Waals surface area (Å²) in [7, 11) is 0. The third-order valence-electron chi connectivity index (χ3n) is 4.53. The highest BCUT2D eigenvalue weighted by molar-refractivity contribution is 9.10. The average Bonchev–Trinajstić information content (AvgIpc) is 2.44. The maximum absolute atomic E-state index is 14.3. The highest BCUT2D eigenvalue weighted by Gasteiger charge is 2.39. The van der Waals surface area contributed by atoms with Gasteiger partial charge in [0.15, 0.2) is 0 Å². The van der Waals surface area contributed by atoms with Gasteiger partial charge in [-0.1, -0.05) is 28.1 Å². The Bertz CT molecular complexity index is 660. The molecule has 0 radical (unpaired) electrons. The van der Waals surface area contributed by atoms with Gasteiger partial charge in [0.25, 0.3) is 0 Å². The maximum atomic E-state index is 14.3. The largest absolute Gasteiger partial charge is 0.444 e. The van der Waals surface area contributed by atoms with Crippen LogP contribution >= 0.6 is 15.9 Å². The molecule has 1 aromatic rings. The Morgan fingerprint density at radius 2 is 2.08 bits per heavy atom. The fourth-order valence-electron chi connectivity index (χ4n) is 3.62. The molecule has 1 amide bonds. The van der Waals surface area contributed by atoms with E-state index in [9.17, 15) is 9.18 Å². The van der Waals surface area contributed by atoms with Crippen LogP contribution in [-0.4, -0.2) is 28.7 Å². The standard InChI is InChI=1S/C19H23BrFNO2/c1-19(2,3)24-18(23)22-13-6-4-7-14(22)11-12(10-13)17-15(20)8-5-9-16(17)21/h5,8-10,13-14H,4,6-7,11H2,1-3H3. The van der Waals surface area contributed by atoms with Crippen molar-refractivity contribution in [2.24, 2.45) is 0 Å². The number of carbonyl (C=O) groups is 1. The van der Waals surface area contributed by atoms with Crippen LogP contribution in [0.25, 0.3) is 5.57 Å². The molecule has 0 aromatic heterocycles. The lowest BCUT2D eigenvalue weighted by Crippen LogP contribution is -2.53. The topological polar surface area (TPSA) is 29.5 Å². The zero-order valence-corrected chi connectivity index (χ0v) is 15.9. The monoisotopic (exact) mass is 395 g/mol. The van der Waals surface area contributed by atoms with Crippen LogP contribution in [0, 0.1) is 5.82 Å². The number of rotatable bonds is 1. The van der Waals surface area contributed by atoms with Crippen LogP contribution < -0.4 is 0 Å². The molecule has 2 heterocycles. The minimum atomic E-state index is -0.510. The lowest BCUT2D eigenvalue weighted by atomic mass is 9.83. The van der Waals surface area contributed by atoms with Gasteiger partial charge in [0, 0.05) is 16.1 Å². The van der Waals surface area contributed by atoms with Gasteiger partial charge in [-0.05, 0) is 64.2 Å². The van der Waals surface area contributed by atoms with Crippen molar-refractivity contribution in [2.45, 2.75) is 64.1 Å². The number of nitrogens with zero attached hydrogens (tertiary/aromatic N) is 1. The minimum absolute atomic E-state index is 0.0196. The quantitative estimate of drug-likeness (QED) is 0.625. The Kier molecular flexibility index (Phi) is 4.73. The van der Waals surface area contributed by atoms with E-state index < -0.39 is 5.60 Å². The molecule has 0 N–H and O–H groups in total. The first-order valence-corrected chi connectivity index (χ1v) is 9.22. The number of fused-ring (bicyclic) bond motifs is 2. The summed E-state index contributed by atoms with van der Waals surface area (Å²) in [4.78, 5) is 14.4. The van der Waals surface area contributed by atoms with Gasteiger partial charge in [-0.2, -0.15) is 0 Å². The summed E-state index contributed by atoms with van der Waals surface area (Å²) in [6.07, 6.45) is 5.35. The molecule has 0 saturated carbocycles. The summed E-state index contributed by atoms with van der Waals surface area (Å²) in [5.74, 6) is -0.223. The Labute approximate surface area is 151 Å². The van der Waals surface area contributed by atoms with Gasteiger partial charge in [-0.25, -0.2) is 9.18 Å². The molecule has 2 unspecified atom stereocenters. The Morgan fingerprint density at radius 3 is 2.71 bits per heavy atom. The first kappa shape index (κ1) is 17.5. The van der Waals surface area contributed by atoms with Crippen LogP contribution in [0.2, 0.25) is 0 Å². The van der Waals surface area contributed by atoms with Gasteiger partial charge >= 0.3 is 6.09 Å². The molecule has 1 fully saturated rings. The lowest BCUT2D eigenvalue weighted by Gasteiger charge is -2.45. The van der Waals surface area contributed by atoms with E-state index in [4.69, 9.17) is 4.74 Å². The molecule has 3 nitrogen and oxygen atoms in total. The second kappa shape index (κ2) is 6.51. The van der Waals surface area contributed by atoms with Crippen LogP contribution in [-0.2, 0) is 4.74 Å². The van der Waals surface area contributed by atoms with Gasteiger partial charge in [-0.15, -0.1) is 0 Å². The van der Waals surface area contributed by atoms with E-state index in [0.717, 1.165) is 29.3 Å². The van der Waals surface area contributed by atoms with Crippen LogP contribution in [0.5, 0.6) is 0 Å². The predicted molar refractivity (Wildman–Crippen MR) is 96.2 cm³/mol. The number of benzene rings is 1. The summed E-state index contributed by atoms with van der Waals surface area (Å²) in [6.45, 7) is 5.63. The number of hydrogen-bond acceptors (Lipinski definition) is 2. The van der Waals surface area contributed by atoms with E-state index in [1.165, 1.54) is 6.07 Å². The van der Waals surface area contributed by atoms with Gasteiger partial charge < -0.3 is 4.74 Å². The summed E-state index contributed by atoms with van der Waals surface area (Å²) in [5.41, 5.74) is 1.09. The molecule has 24 heavy (non-hydrogen) atoms. The van der Waals surface area contributed by atoms with Crippen molar-refractivity contribution in [3.63, 3.8) is 0 Å². The highest BCUT2D eigenvalue weighted by atomic mass is 79.9. The van der Waals surface area contributed by atoms with E-state index in [0.29, 0.717) is 12.0 Å². The predicted octanol–water partition coefficient (Wildman–Crippen LogP) is 5.53. The number of ether oxygens (including phenoxy) is 1. The summed E-state index contributed by atoms with van der Waals surface area (Å²) < 4.78 is 20.7. The van der Waals surface area contributed by atoms with Crippen LogP contribution in [0.1, 0.15) is 52.0 Å². The van der Waals surface area contributed by atoms with Gasteiger partial charge in [0.05, 0.1) is 6.04 Å². The SMILES string of the molecule is CC(C)(C)OC(=O)N1C2C=C(c3c(F)cccc3Br)CC1CCC2. The molecule has 0 aliphatic carbocycles. The van der Waals surface area contributed by atoms with Crippen molar-refractivity contribution in [1.29, 1.82) is 0 Å². The first-order chi connectivity index (χ1) is 11.3. The van der Waals surface area contributed by atoms with Crippen molar-refractivity contribution in [3.05, 3.63) is 40.1 Å². The molecule has 2 atom stereocenters. The van der Waals surface area contributed by atoms with E-state index in [-0.39, 0.29) is 24.0 Å². The lowest BCUT2D eigenvalue weighted by molar-refractivity contribution is 0.0000763. The maximum Gasteiger partial charge on any atom is 0.411 e. The smallest absolute Gasteiger partial charge is 0.411 e. The minimum Gasteiger partial charge on any atom is -0.444 e. The summed E-state index contributed by atoms with van der Waals surface area (Å²) in [6, 6.07) is 5.09. The number of carbonyl (C=O) groups excluding carboxylic acids is 1. The number of halogens is 2. The molecular formula is C19H23BrFNO2. The summed E-state index contributed by atoms with van der Waals surface area (Å²) >= 11 is 3.46. The molecule has 5 heteroatoms. The molecule has 130 valence electrons. The van der Waals surface area contributed by atoms with Gasteiger partial charge in [0.1, 0.15) is 11.4 Å². The average molecular weight is 396 g/mol. The Hall–Kier alpha value is -1.36. The molecule has 1 aromatic carbocycles. The van der Waals surface area contributed by atoms with Crippen molar-refractivity contribution in [3.8, 4) is 0 Å². The van der Waals surface area contributed by atoms with Crippen molar-refractivity contribution in [1.82, 2.24) is 4.90 Å². The van der Waals surface area contributed by atoms with Crippen molar-refractivity contribution >= 4 is 27.6 Å². The molecule has 0 spiro atoms. The number of hydrogen-bond donors (Lipinski definition) is 0. The zero-order chi connectivity index (χ0) is 17.5. The first-order valence-electron chi connectivity index (χ1n) is 8.42. The molecule has 2 bridgehead atoms. The van der Waals surface area contributed by atoms with Crippen molar-refractivity contribution < 1.29 is 13.9 Å². The highest BCUT2D eigenvalue weighted by Crippen LogP contribution is 2.40. The fraction of sp³-hybridized carbons (Fsp3) is 0.526. The number of piperidine rings is 1. The normalized spacial score (nSPS) is 23.7.